The molecular formula is C16H11Cl3N2O2. The maximum Gasteiger partial charge on any atom is 0.271 e. The Labute approximate surface area is 148 Å². The molecular weight excluding hydrogens is 359 g/mol. The summed E-state index contributed by atoms with van der Waals surface area (Å²) in [5, 5.41) is 1.17. The minimum Gasteiger partial charge on any atom is -0.268 e. The first-order valence-electron chi connectivity index (χ1n) is 6.45. The monoisotopic (exact) mass is 368 g/mol. The van der Waals surface area contributed by atoms with Gasteiger partial charge in [-0.1, -0.05) is 46.9 Å². The Morgan fingerprint density at radius 3 is 2.39 bits per heavy atom. The fourth-order valence-electron chi connectivity index (χ4n) is 1.68. The quantitative estimate of drug-likeness (QED) is 0.631. The molecule has 2 rings (SSSR count). The molecule has 2 N–H and O–H groups in total. The van der Waals surface area contributed by atoms with Crippen molar-refractivity contribution in [2.75, 3.05) is 0 Å². The molecule has 0 aromatic heterocycles. The summed E-state index contributed by atoms with van der Waals surface area (Å²) in [6.07, 6.45) is 2.84. The maximum atomic E-state index is 11.9. The van der Waals surface area contributed by atoms with Crippen LogP contribution < -0.4 is 10.9 Å². The van der Waals surface area contributed by atoms with Crippen LogP contribution in [-0.2, 0) is 4.79 Å². The summed E-state index contributed by atoms with van der Waals surface area (Å²) < 4.78 is 0. The Bertz CT molecular complexity index is 776. The number of amides is 2. The number of halogens is 3. The molecule has 0 aliphatic rings. The number of hydrogen-bond acceptors (Lipinski definition) is 2. The van der Waals surface area contributed by atoms with Crippen molar-refractivity contribution in [3.05, 3.63) is 74.7 Å². The van der Waals surface area contributed by atoms with Gasteiger partial charge in [0, 0.05) is 16.1 Å². The van der Waals surface area contributed by atoms with Gasteiger partial charge in [-0.3, -0.25) is 20.4 Å². The van der Waals surface area contributed by atoms with Crippen molar-refractivity contribution in [1.29, 1.82) is 0 Å². The molecule has 2 aromatic rings. The third kappa shape index (κ3) is 5.28. The zero-order valence-electron chi connectivity index (χ0n) is 11.6. The number of benzene rings is 2. The highest BCUT2D eigenvalue weighted by Crippen LogP contribution is 2.20. The number of nitrogens with one attached hydrogen (secondary N) is 2. The Hall–Kier alpha value is -2.01. The number of hydrogen-bond donors (Lipinski definition) is 2. The molecule has 2 aromatic carbocycles. The van der Waals surface area contributed by atoms with Crippen molar-refractivity contribution in [2.45, 2.75) is 0 Å². The Morgan fingerprint density at radius 1 is 0.913 bits per heavy atom. The number of rotatable bonds is 3. The van der Waals surface area contributed by atoms with Crippen LogP contribution in [0.5, 0.6) is 0 Å². The van der Waals surface area contributed by atoms with Crippen LogP contribution in [0.25, 0.3) is 6.08 Å². The van der Waals surface area contributed by atoms with E-state index < -0.39 is 11.8 Å². The van der Waals surface area contributed by atoms with Gasteiger partial charge in [-0.05, 0) is 42.0 Å². The van der Waals surface area contributed by atoms with Crippen molar-refractivity contribution in [3.63, 3.8) is 0 Å². The van der Waals surface area contributed by atoms with Crippen LogP contribution in [0.1, 0.15) is 15.9 Å². The van der Waals surface area contributed by atoms with E-state index in [2.05, 4.69) is 10.9 Å². The fourth-order valence-corrected chi connectivity index (χ4v) is 2.26. The van der Waals surface area contributed by atoms with Crippen LogP contribution in [0.3, 0.4) is 0 Å². The zero-order chi connectivity index (χ0) is 16.8. The first-order valence-corrected chi connectivity index (χ1v) is 7.58. The van der Waals surface area contributed by atoms with Gasteiger partial charge in [0.2, 0.25) is 0 Å². The van der Waals surface area contributed by atoms with Crippen LogP contribution in [0.4, 0.5) is 0 Å². The van der Waals surface area contributed by atoms with Gasteiger partial charge < -0.3 is 0 Å². The van der Waals surface area contributed by atoms with Crippen LogP contribution in [-0.4, -0.2) is 11.8 Å². The molecule has 0 saturated carbocycles. The summed E-state index contributed by atoms with van der Waals surface area (Å²) in [4.78, 5) is 23.6. The molecule has 0 radical (unpaired) electrons. The Morgan fingerprint density at radius 2 is 1.65 bits per heavy atom. The number of hydrazine groups is 1. The van der Waals surface area contributed by atoms with Crippen LogP contribution in [0.15, 0.2) is 48.5 Å². The van der Waals surface area contributed by atoms with E-state index in [1.807, 2.05) is 0 Å². The predicted molar refractivity (Wildman–Crippen MR) is 92.6 cm³/mol. The van der Waals surface area contributed by atoms with E-state index in [1.165, 1.54) is 18.2 Å². The van der Waals surface area contributed by atoms with Gasteiger partial charge in [-0.2, -0.15) is 0 Å². The average molecular weight is 370 g/mol. The highest BCUT2D eigenvalue weighted by molar-refractivity contribution is 6.35. The van der Waals surface area contributed by atoms with Gasteiger partial charge in [0.15, 0.2) is 0 Å². The number of carbonyl (C=O) groups excluding carboxylic acids is 2. The molecule has 0 fully saturated rings. The van der Waals surface area contributed by atoms with Crippen molar-refractivity contribution in [3.8, 4) is 0 Å². The van der Waals surface area contributed by atoms with Crippen molar-refractivity contribution < 1.29 is 9.59 Å². The van der Waals surface area contributed by atoms with E-state index in [-0.39, 0.29) is 10.6 Å². The molecule has 4 nitrogen and oxygen atoms in total. The lowest BCUT2D eigenvalue weighted by molar-refractivity contribution is -0.117. The minimum atomic E-state index is -0.568. The fraction of sp³-hybridized carbons (Fsp3) is 0. The third-order valence-electron chi connectivity index (χ3n) is 2.75. The first-order chi connectivity index (χ1) is 11.0. The van der Waals surface area contributed by atoms with Crippen molar-refractivity contribution >= 4 is 52.7 Å². The Balaban J connectivity index is 1.94. The lowest BCUT2D eigenvalue weighted by Gasteiger charge is -2.07. The summed E-state index contributed by atoms with van der Waals surface area (Å²) in [6, 6.07) is 11.5. The van der Waals surface area contributed by atoms with E-state index in [1.54, 1.807) is 36.4 Å². The minimum absolute atomic E-state index is 0.165. The summed E-state index contributed by atoms with van der Waals surface area (Å²) in [5.74, 6) is -1.07. The molecule has 2 amide bonds. The lowest BCUT2D eigenvalue weighted by atomic mass is 10.2. The summed E-state index contributed by atoms with van der Waals surface area (Å²) in [7, 11) is 0. The standard InChI is InChI=1S/C16H11Cl3N2O2/c17-11-3-1-2-10(8-11)4-7-15(22)20-21-16(23)13-9-12(18)5-6-14(13)19/h1-9H,(H,20,22)(H,21,23)/b7-4+. The maximum absolute atomic E-state index is 11.9. The molecule has 7 heteroatoms. The topological polar surface area (TPSA) is 58.2 Å². The predicted octanol–water partition coefficient (Wildman–Crippen LogP) is 4.12. The van der Waals surface area contributed by atoms with Crippen molar-refractivity contribution in [2.24, 2.45) is 0 Å². The van der Waals surface area contributed by atoms with E-state index in [9.17, 15) is 9.59 Å². The molecule has 0 bridgehead atoms. The molecule has 0 atom stereocenters. The van der Waals surface area contributed by atoms with E-state index in [4.69, 9.17) is 34.8 Å². The second-order valence-electron chi connectivity index (χ2n) is 4.46. The van der Waals surface area contributed by atoms with Gasteiger partial charge in [0.05, 0.1) is 10.6 Å². The highest BCUT2D eigenvalue weighted by atomic mass is 35.5. The van der Waals surface area contributed by atoms with E-state index in [0.29, 0.717) is 10.0 Å². The normalized spacial score (nSPS) is 10.6. The lowest BCUT2D eigenvalue weighted by Crippen LogP contribution is -2.40. The third-order valence-corrected chi connectivity index (χ3v) is 3.55. The second kappa shape index (κ2) is 8.02. The SMILES string of the molecule is O=C(/C=C/c1cccc(Cl)c1)NNC(=O)c1cc(Cl)ccc1Cl. The smallest absolute Gasteiger partial charge is 0.268 e. The largest absolute Gasteiger partial charge is 0.271 e. The van der Waals surface area contributed by atoms with E-state index in [0.717, 1.165) is 5.56 Å². The zero-order valence-corrected chi connectivity index (χ0v) is 13.9. The van der Waals surface area contributed by atoms with Gasteiger partial charge in [0.1, 0.15) is 0 Å². The van der Waals surface area contributed by atoms with Gasteiger partial charge in [-0.25, -0.2) is 0 Å². The molecule has 118 valence electrons. The molecule has 23 heavy (non-hydrogen) atoms. The summed E-state index contributed by atoms with van der Waals surface area (Å²) in [5.41, 5.74) is 5.43. The first kappa shape index (κ1) is 17.3. The Kier molecular flexibility index (Phi) is 6.04. The van der Waals surface area contributed by atoms with Crippen LogP contribution in [0.2, 0.25) is 15.1 Å². The van der Waals surface area contributed by atoms with Crippen LogP contribution >= 0.6 is 34.8 Å². The number of carbonyl (C=O) groups is 2. The average Bonchev–Trinajstić information content (AvgIpc) is 2.53. The summed E-state index contributed by atoms with van der Waals surface area (Å²) in [6.45, 7) is 0. The molecule has 0 saturated heterocycles. The summed E-state index contributed by atoms with van der Waals surface area (Å²) >= 11 is 17.6. The second-order valence-corrected chi connectivity index (χ2v) is 5.74. The van der Waals surface area contributed by atoms with Gasteiger partial charge in [-0.15, -0.1) is 0 Å². The van der Waals surface area contributed by atoms with Crippen LogP contribution in [0, 0.1) is 0 Å². The van der Waals surface area contributed by atoms with Crippen molar-refractivity contribution in [1.82, 2.24) is 10.9 Å². The highest BCUT2D eigenvalue weighted by Gasteiger charge is 2.11. The molecule has 0 spiro atoms. The molecule has 0 aliphatic carbocycles. The molecule has 0 heterocycles. The molecule has 0 aliphatic heterocycles. The molecule has 0 unspecified atom stereocenters. The van der Waals surface area contributed by atoms with E-state index >= 15 is 0 Å². The van der Waals surface area contributed by atoms with Gasteiger partial charge >= 0.3 is 0 Å². The van der Waals surface area contributed by atoms with Gasteiger partial charge in [0.25, 0.3) is 11.8 Å².